The van der Waals surface area contributed by atoms with Gasteiger partial charge in [-0.05, 0) is 54.4 Å². The molecular weight excluding hydrogens is 474 g/mol. The molecule has 1 heterocycles. The third kappa shape index (κ3) is 4.92. The van der Waals surface area contributed by atoms with Gasteiger partial charge < -0.3 is 4.74 Å². The molecule has 3 aromatic rings. The number of nitrogens with zero attached hydrogens (tertiary/aromatic N) is 2. The number of rotatable bonds is 8. The van der Waals surface area contributed by atoms with Crippen LogP contribution in [0.4, 0.5) is 5.69 Å². The van der Waals surface area contributed by atoms with Crippen LogP contribution in [0.3, 0.4) is 0 Å². The summed E-state index contributed by atoms with van der Waals surface area (Å²) >= 11 is 0. The summed E-state index contributed by atoms with van der Waals surface area (Å²) in [4.78, 5) is 0.101. The molecule has 0 saturated carbocycles. The molecule has 0 unspecified atom stereocenters. The van der Waals surface area contributed by atoms with Crippen LogP contribution in [0.25, 0.3) is 0 Å². The van der Waals surface area contributed by atoms with Crippen molar-refractivity contribution in [3.63, 3.8) is 0 Å². The van der Waals surface area contributed by atoms with Crippen molar-refractivity contribution in [3.8, 4) is 5.75 Å². The Labute approximate surface area is 200 Å². The van der Waals surface area contributed by atoms with Gasteiger partial charge in [0, 0.05) is 12.1 Å². The molecule has 1 N–H and O–H groups in total. The third-order valence-corrected chi connectivity index (χ3v) is 8.51. The molecule has 3 aromatic carbocycles. The molecule has 0 amide bonds. The van der Waals surface area contributed by atoms with Crippen LogP contribution in [0, 0.1) is 0 Å². The summed E-state index contributed by atoms with van der Waals surface area (Å²) in [5.74, 6) is 0.498. The lowest BCUT2D eigenvalue weighted by atomic mass is 9.99. The summed E-state index contributed by atoms with van der Waals surface area (Å²) < 4.78 is 59.9. The van der Waals surface area contributed by atoms with Crippen molar-refractivity contribution in [1.29, 1.82) is 0 Å². The van der Waals surface area contributed by atoms with Crippen molar-refractivity contribution in [2.75, 3.05) is 17.6 Å². The molecule has 0 saturated heterocycles. The minimum Gasteiger partial charge on any atom is -0.497 e. The van der Waals surface area contributed by atoms with Gasteiger partial charge in [-0.2, -0.15) is 17.9 Å². The second-order valence-electron chi connectivity index (χ2n) is 7.72. The molecule has 1 aliphatic heterocycles. The Bertz CT molecular complexity index is 1400. The van der Waals surface area contributed by atoms with Crippen LogP contribution in [0.2, 0.25) is 0 Å². The van der Waals surface area contributed by atoms with Gasteiger partial charge in [0.15, 0.2) is 0 Å². The molecule has 0 aromatic heterocycles. The van der Waals surface area contributed by atoms with Crippen LogP contribution in [-0.4, -0.2) is 39.8 Å². The number of benzene rings is 3. The SMILES string of the molecule is CCS(=O)(=O)Nc1cccc(C2=NN(S(=O)(=O)c3ccc(OC)cc3)[C@H](c3ccccc3)C2)c1. The van der Waals surface area contributed by atoms with Crippen LogP contribution >= 0.6 is 0 Å². The molecule has 0 bridgehead atoms. The molecule has 1 aliphatic rings. The Balaban J connectivity index is 1.75. The normalized spacial score (nSPS) is 16.2. The Kier molecular flexibility index (Phi) is 6.63. The van der Waals surface area contributed by atoms with E-state index in [4.69, 9.17) is 4.74 Å². The quantitative estimate of drug-likeness (QED) is 0.504. The van der Waals surface area contributed by atoms with E-state index in [1.54, 1.807) is 43.3 Å². The van der Waals surface area contributed by atoms with Crippen molar-refractivity contribution >= 4 is 31.4 Å². The minimum atomic E-state index is -3.97. The van der Waals surface area contributed by atoms with Crippen molar-refractivity contribution in [2.45, 2.75) is 24.3 Å². The highest BCUT2D eigenvalue weighted by Gasteiger charge is 2.37. The monoisotopic (exact) mass is 499 g/mol. The second kappa shape index (κ2) is 9.47. The lowest BCUT2D eigenvalue weighted by molar-refractivity contribution is 0.371. The fourth-order valence-corrected chi connectivity index (χ4v) is 5.74. The van der Waals surface area contributed by atoms with Gasteiger partial charge in [0.2, 0.25) is 10.0 Å². The Hall–Kier alpha value is -3.37. The topological polar surface area (TPSA) is 105 Å². The van der Waals surface area contributed by atoms with Crippen molar-refractivity contribution in [2.24, 2.45) is 5.10 Å². The smallest absolute Gasteiger partial charge is 0.279 e. The van der Waals surface area contributed by atoms with E-state index in [2.05, 4.69) is 9.82 Å². The number of sulfonamides is 2. The summed E-state index contributed by atoms with van der Waals surface area (Å²) in [6, 6.07) is 21.7. The van der Waals surface area contributed by atoms with E-state index in [-0.39, 0.29) is 10.6 Å². The summed E-state index contributed by atoms with van der Waals surface area (Å²) in [5.41, 5.74) is 2.39. The highest BCUT2D eigenvalue weighted by atomic mass is 32.2. The second-order valence-corrected chi connectivity index (χ2v) is 11.5. The molecule has 34 heavy (non-hydrogen) atoms. The van der Waals surface area contributed by atoms with E-state index in [1.165, 1.54) is 19.2 Å². The minimum absolute atomic E-state index is 0.0534. The van der Waals surface area contributed by atoms with Gasteiger partial charge in [-0.15, -0.1) is 0 Å². The predicted molar refractivity (Wildman–Crippen MR) is 132 cm³/mol. The number of hydrogen-bond acceptors (Lipinski definition) is 6. The molecule has 4 rings (SSSR count). The average molecular weight is 500 g/mol. The number of hydrogen-bond donors (Lipinski definition) is 1. The molecule has 0 aliphatic carbocycles. The zero-order chi connectivity index (χ0) is 24.3. The first-order chi connectivity index (χ1) is 16.2. The van der Waals surface area contributed by atoms with Crippen molar-refractivity contribution in [3.05, 3.63) is 90.0 Å². The maximum atomic E-state index is 13.6. The Morgan fingerprint density at radius 1 is 0.971 bits per heavy atom. The Morgan fingerprint density at radius 3 is 2.32 bits per heavy atom. The van der Waals surface area contributed by atoms with Crippen LogP contribution in [0.1, 0.15) is 30.5 Å². The van der Waals surface area contributed by atoms with E-state index in [1.807, 2.05) is 30.3 Å². The first-order valence-corrected chi connectivity index (χ1v) is 13.7. The summed E-state index contributed by atoms with van der Waals surface area (Å²) in [6.45, 7) is 1.56. The largest absolute Gasteiger partial charge is 0.497 e. The third-order valence-electron chi connectivity index (χ3n) is 5.51. The van der Waals surface area contributed by atoms with Crippen LogP contribution in [-0.2, 0) is 20.0 Å². The van der Waals surface area contributed by atoms with E-state index >= 15 is 0 Å². The lowest BCUT2D eigenvalue weighted by Crippen LogP contribution is -2.27. The van der Waals surface area contributed by atoms with Gasteiger partial charge in [-0.3, -0.25) is 4.72 Å². The molecule has 0 spiro atoms. The molecule has 0 fully saturated rings. The number of anilines is 1. The molecule has 8 nitrogen and oxygen atoms in total. The van der Waals surface area contributed by atoms with Crippen LogP contribution in [0.15, 0.2) is 88.9 Å². The van der Waals surface area contributed by atoms with Gasteiger partial charge >= 0.3 is 0 Å². The van der Waals surface area contributed by atoms with E-state index in [0.717, 1.165) is 9.98 Å². The summed E-state index contributed by atoms with van der Waals surface area (Å²) in [7, 11) is -5.90. The maximum absolute atomic E-state index is 13.6. The number of hydrazone groups is 1. The summed E-state index contributed by atoms with van der Waals surface area (Å²) in [5, 5.41) is 4.52. The zero-order valence-electron chi connectivity index (χ0n) is 18.7. The van der Waals surface area contributed by atoms with E-state index in [9.17, 15) is 16.8 Å². The van der Waals surface area contributed by atoms with Crippen molar-refractivity contribution < 1.29 is 21.6 Å². The zero-order valence-corrected chi connectivity index (χ0v) is 20.4. The van der Waals surface area contributed by atoms with Gasteiger partial charge in [-0.1, -0.05) is 42.5 Å². The Morgan fingerprint density at radius 2 is 1.68 bits per heavy atom. The van der Waals surface area contributed by atoms with Gasteiger partial charge in [0.1, 0.15) is 5.75 Å². The fourth-order valence-electron chi connectivity index (χ4n) is 3.68. The highest BCUT2D eigenvalue weighted by molar-refractivity contribution is 7.92. The molecule has 1 atom stereocenters. The number of nitrogens with one attached hydrogen (secondary N) is 1. The molecule has 178 valence electrons. The van der Waals surface area contributed by atoms with Crippen LogP contribution in [0.5, 0.6) is 5.75 Å². The standard InChI is InChI=1S/C24H25N3O5S2/c1-3-33(28,29)26-20-11-7-10-19(16-20)23-17-24(18-8-5-4-6-9-18)27(25-23)34(30,31)22-14-12-21(32-2)13-15-22/h4-16,24,26H,3,17H2,1-2H3/t24-/m0/s1. The van der Waals surface area contributed by atoms with E-state index in [0.29, 0.717) is 29.1 Å². The van der Waals surface area contributed by atoms with Gasteiger partial charge in [0.05, 0.1) is 29.5 Å². The van der Waals surface area contributed by atoms with Crippen LogP contribution < -0.4 is 9.46 Å². The maximum Gasteiger partial charge on any atom is 0.279 e. The van der Waals surface area contributed by atoms with E-state index < -0.39 is 26.1 Å². The first kappa shape index (κ1) is 23.8. The molecular formula is C24H25N3O5S2. The fraction of sp³-hybridized carbons (Fsp3) is 0.208. The summed E-state index contributed by atoms with van der Waals surface area (Å²) in [6.07, 6.45) is 0.337. The number of methoxy groups -OCH3 is 1. The molecule has 10 heteroatoms. The predicted octanol–water partition coefficient (Wildman–Crippen LogP) is 4.00. The average Bonchev–Trinajstić information content (AvgIpc) is 3.31. The lowest BCUT2D eigenvalue weighted by Gasteiger charge is -2.23. The highest BCUT2D eigenvalue weighted by Crippen LogP contribution is 2.37. The van der Waals surface area contributed by atoms with Gasteiger partial charge in [-0.25, -0.2) is 8.42 Å². The number of ether oxygens (including phenoxy) is 1. The first-order valence-electron chi connectivity index (χ1n) is 10.7. The van der Waals surface area contributed by atoms with Gasteiger partial charge in [0.25, 0.3) is 10.0 Å². The molecule has 0 radical (unpaired) electrons. The van der Waals surface area contributed by atoms with Crippen molar-refractivity contribution in [1.82, 2.24) is 4.41 Å².